The van der Waals surface area contributed by atoms with Gasteiger partial charge in [0.15, 0.2) is 6.10 Å². The highest BCUT2D eigenvalue weighted by molar-refractivity contribution is 5.97. The highest BCUT2D eigenvalue weighted by Crippen LogP contribution is 2.21. The highest BCUT2D eigenvalue weighted by Gasteiger charge is 2.19. The van der Waals surface area contributed by atoms with E-state index in [2.05, 4.69) is 5.32 Å². The van der Waals surface area contributed by atoms with Gasteiger partial charge in [-0.1, -0.05) is 18.2 Å². The minimum Gasteiger partial charge on any atom is -0.496 e. The van der Waals surface area contributed by atoms with Crippen molar-refractivity contribution in [3.05, 3.63) is 65.0 Å². The van der Waals surface area contributed by atoms with E-state index >= 15 is 0 Å². The molecule has 0 heterocycles. The number of nitrogens with one attached hydrogen (secondary N) is 1. The molecule has 0 aliphatic carbocycles. The molecule has 2 N–H and O–H groups in total. The van der Waals surface area contributed by atoms with Crippen LogP contribution in [0, 0.1) is 5.82 Å². The maximum atomic E-state index is 12.9. The number of aliphatic hydroxyl groups excluding tert-OH is 1. The van der Waals surface area contributed by atoms with E-state index in [4.69, 9.17) is 9.47 Å². The molecule has 0 aliphatic rings. The monoisotopic (exact) mass is 375 g/mol. The molecule has 27 heavy (non-hydrogen) atoms. The SMILES string of the molecule is CCOC(=O)C(O)Cc1ccc(OC)c(C(=O)NCc2ccc(F)cc2)c1. The second-order valence-electron chi connectivity index (χ2n) is 5.82. The molecule has 144 valence electrons. The number of hydrogen-bond donors (Lipinski definition) is 2. The van der Waals surface area contributed by atoms with Gasteiger partial charge in [0.2, 0.25) is 0 Å². The quantitative estimate of drug-likeness (QED) is 0.691. The van der Waals surface area contributed by atoms with Crippen molar-refractivity contribution < 1.29 is 28.6 Å². The van der Waals surface area contributed by atoms with Gasteiger partial charge in [-0.05, 0) is 42.3 Å². The average Bonchev–Trinajstić information content (AvgIpc) is 2.67. The number of ether oxygens (including phenoxy) is 2. The molecule has 1 unspecified atom stereocenters. The standard InChI is InChI=1S/C20H22FNO5/c1-3-27-20(25)17(23)11-14-6-9-18(26-2)16(10-14)19(24)22-12-13-4-7-15(21)8-5-13/h4-10,17,23H,3,11-12H2,1-2H3,(H,22,24). The first-order chi connectivity index (χ1) is 12.9. The first-order valence-corrected chi connectivity index (χ1v) is 8.48. The van der Waals surface area contributed by atoms with Crippen LogP contribution in [0.3, 0.4) is 0 Å². The minimum atomic E-state index is -1.31. The molecule has 2 aromatic rings. The summed E-state index contributed by atoms with van der Waals surface area (Å²) in [7, 11) is 1.44. The number of halogens is 1. The van der Waals surface area contributed by atoms with Crippen molar-refractivity contribution in [2.24, 2.45) is 0 Å². The van der Waals surface area contributed by atoms with Crippen molar-refractivity contribution in [2.75, 3.05) is 13.7 Å². The van der Waals surface area contributed by atoms with Gasteiger partial charge in [0, 0.05) is 13.0 Å². The Hall–Kier alpha value is -2.93. The normalized spacial score (nSPS) is 11.6. The van der Waals surface area contributed by atoms with Crippen molar-refractivity contribution in [3.8, 4) is 5.75 Å². The van der Waals surface area contributed by atoms with Gasteiger partial charge in [-0.15, -0.1) is 0 Å². The Balaban J connectivity index is 2.10. The van der Waals surface area contributed by atoms with E-state index in [1.165, 1.54) is 19.2 Å². The zero-order valence-corrected chi connectivity index (χ0v) is 15.2. The Morgan fingerprint density at radius 1 is 1.15 bits per heavy atom. The number of benzene rings is 2. The van der Waals surface area contributed by atoms with Crippen molar-refractivity contribution in [1.82, 2.24) is 5.32 Å². The van der Waals surface area contributed by atoms with E-state index in [0.29, 0.717) is 11.3 Å². The molecule has 0 aliphatic heterocycles. The number of carbonyl (C=O) groups excluding carboxylic acids is 2. The molecule has 0 radical (unpaired) electrons. The predicted molar refractivity (Wildman–Crippen MR) is 96.9 cm³/mol. The summed E-state index contributed by atoms with van der Waals surface area (Å²) in [5.74, 6) is -1.08. The van der Waals surface area contributed by atoms with Crippen LogP contribution in [0.2, 0.25) is 0 Å². The number of aliphatic hydroxyl groups is 1. The van der Waals surface area contributed by atoms with Crippen molar-refractivity contribution in [1.29, 1.82) is 0 Å². The summed E-state index contributed by atoms with van der Waals surface area (Å²) in [4.78, 5) is 24.1. The number of carbonyl (C=O) groups is 2. The summed E-state index contributed by atoms with van der Waals surface area (Å²) in [5, 5.41) is 12.6. The van der Waals surface area contributed by atoms with Gasteiger partial charge >= 0.3 is 5.97 Å². The van der Waals surface area contributed by atoms with Crippen molar-refractivity contribution >= 4 is 11.9 Å². The fraction of sp³-hybridized carbons (Fsp3) is 0.300. The lowest BCUT2D eigenvalue weighted by Gasteiger charge is -2.13. The lowest BCUT2D eigenvalue weighted by molar-refractivity contribution is -0.152. The van der Waals surface area contributed by atoms with E-state index in [-0.39, 0.29) is 36.9 Å². The Kier molecular flexibility index (Phi) is 7.31. The van der Waals surface area contributed by atoms with Crippen LogP contribution in [0.1, 0.15) is 28.4 Å². The van der Waals surface area contributed by atoms with Crippen LogP contribution in [-0.4, -0.2) is 36.8 Å². The largest absolute Gasteiger partial charge is 0.496 e. The molecule has 0 fully saturated rings. The summed E-state index contributed by atoms with van der Waals surface area (Å²) < 4.78 is 22.9. The van der Waals surface area contributed by atoms with Crippen LogP contribution in [0.15, 0.2) is 42.5 Å². The fourth-order valence-electron chi connectivity index (χ4n) is 2.48. The molecule has 2 rings (SSSR count). The van der Waals surface area contributed by atoms with Crippen molar-refractivity contribution in [3.63, 3.8) is 0 Å². The second kappa shape index (κ2) is 9.68. The maximum Gasteiger partial charge on any atom is 0.335 e. The smallest absolute Gasteiger partial charge is 0.335 e. The van der Waals surface area contributed by atoms with Gasteiger partial charge in [-0.3, -0.25) is 4.79 Å². The molecule has 1 amide bonds. The second-order valence-corrected chi connectivity index (χ2v) is 5.82. The molecule has 7 heteroatoms. The molecular weight excluding hydrogens is 353 g/mol. The van der Waals surface area contributed by atoms with Gasteiger partial charge < -0.3 is 19.9 Å². The van der Waals surface area contributed by atoms with E-state index in [0.717, 1.165) is 5.56 Å². The number of amides is 1. The Labute approximate surface area is 156 Å². The van der Waals surface area contributed by atoms with E-state index in [1.54, 1.807) is 37.3 Å². The molecule has 2 aromatic carbocycles. The topological polar surface area (TPSA) is 84.9 Å². The average molecular weight is 375 g/mol. The molecule has 0 aromatic heterocycles. The van der Waals surface area contributed by atoms with Crippen LogP contribution in [0.4, 0.5) is 4.39 Å². The highest BCUT2D eigenvalue weighted by atomic mass is 19.1. The predicted octanol–water partition coefficient (Wildman–Crippen LogP) is 2.23. The lowest BCUT2D eigenvalue weighted by atomic mass is 10.0. The third-order valence-electron chi connectivity index (χ3n) is 3.86. The summed E-state index contributed by atoms with van der Waals surface area (Å²) in [6.45, 7) is 2.05. The molecule has 1 atom stereocenters. The van der Waals surface area contributed by atoms with Gasteiger partial charge in [0.05, 0.1) is 19.3 Å². The molecule has 0 spiro atoms. The summed E-state index contributed by atoms with van der Waals surface area (Å²) in [5.41, 5.74) is 1.61. The molecule has 6 nitrogen and oxygen atoms in total. The van der Waals surface area contributed by atoms with Crippen LogP contribution >= 0.6 is 0 Å². The lowest BCUT2D eigenvalue weighted by Crippen LogP contribution is -2.26. The molecular formula is C20H22FNO5. The van der Waals surface area contributed by atoms with Gasteiger partial charge in [-0.25, -0.2) is 9.18 Å². The maximum absolute atomic E-state index is 12.9. The van der Waals surface area contributed by atoms with Crippen LogP contribution in [0.25, 0.3) is 0 Å². The number of methoxy groups -OCH3 is 1. The minimum absolute atomic E-state index is 0.0150. The van der Waals surface area contributed by atoms with Crippen molar-refractivity contribution in [2.45, 2.75) is 26.0 Å². The van der Waals surface area contributed by atoms with Crippen LogP contribution in [0.5, 0.6) is 5.75 Å². The fourth-order valence-corrected chi connectivity index (χ4v) is 2.48. The third-order valence-corrected chi connectivity index (χ3v) is 3.86. The summed E-state index contributed by atoms with van der Waals surface area (Å²) in [6.07, 6.45) is -1.30. The van der Waals surface area contributed by atoms with Gasteiger partial charge in [0.25, 0.3) is 5.91 Å². The zero-order valence-electron chi connectivity index (χ0n) is 15.2. The first kappa shape index (κ1) is 20.4. The van der Waals surface area contributed by atoms with Crippen LogP contribution in [-0.2, 0) is 22.5 Å². The van der Waals surface area contributed by atoms with Gasteiger partial charge in [-0.2, -0.15) is 0 Å². The van der Waals surface area contributed by atoms with E-state index < -0.39 is 12.1 Å². The van der Waals surface area contributed by atoms with E-state index in [9.17, 15) is 19.1 Å². The van der Waals surface area contributed by atoms with Crippen LogP contribution < -0.4 is 10.1 Å². The summed E-state index contributed by atoms with van der Waals surface area (Å²) in [6, 6.07) is 10.6. The third kappa shape index (κ3) is 5.79. The number of rotatable bonds is 8. The van der Waals surface area contributed by atoms with Gasteiger partial charge in [0.1, 0.15) is 11.6 Å². The molecule has 0 saturated heterocycles. The number of hydrogen-bond acceptors (Lipinski definition) is 5. The Morgan fingerprint density at radius 2 is 1.81 bits per heavy atom. The molecule has 0 bridgehead atoms. The zero-order chi connectivity index (χ0) is 19.8. The Bertz CT molecular complexity index is 791. The molecule has 0 saturated carbocycles. The first-order valence-electron chi connectivity index (χ1n) is 8.48. The van der Waals surface area contributed by atoms with E-state index in [1.807, 2.05) is 0 Å². The number of esters is 1. The summed E-state index contributed by atoms with van der Waals surface area (Å²) >= 11 is 0. The Morgan fingerprint density at radius 3 is 2.44 bits per heavy atom.